The van der Waals surface area contributed by atoms with E-state index in [4.69, 9.17) is 9.84 Å². The average molecular weight is 381 g/mol. The minimum Gasteiger partial charge on any atom is -0.494 e. The van der Waals surface area contributed by atoms with Crippen LogP contribution in [-0.4, -0.2) is 48.0 Å². The molecule has 9 nitrogen and oxygen atoms in total. The molecule has 2 N–H and O–H groups in total. The number of benzene rings is 1. The SMILES string of the molecule is CS(=O)(=O)c1ccc(OCCCC(=O)Nc2ccn(CC(=O)O)n2)cc1. The van der Waals surface area contributed by atoms with Crippen LogP contribution in [0, 0.1) is 0 Å². The fraction of sp³-hybridized carbons (Fsp3) is 0.312. The first-order chi connectivity index (χ1) is 12.2. The van der Waals surface area contributed by atoms with Crippen LogP contribution in [0.3, 0.4) is 0 Å². The van der Waals surface area contributed by atoms with Gasteiger partial charge in [0, 0.05) is 24.9 Å². The summed E-state index contributed by atoms with van der Waals surface area (Å²) in [5.41, 5.74) is 0. The Hall–Kier alpha value is -2.88. The molecular weight excluding hydrogens is 362 g/mol. The zero-order valence-corrected chi connectivity index (χ0v) is 14.9. The highest BCUT2D eigenvalue weighted by molar-refractivity contribution is 7.90. The molecule has 1 amide bonds. The molecule has 0 unspecified atom stereocenters. The fourth-order valence-electron chi connectivity index (χ4n) is 2.07. The standard InChI is InChI=1S/C16H19N3O6S/c1-26(23,24)13-6-4-12(5-7-13)25-10-2-3-15(20)17-14-8-9-19(18-14)11-16(21)22/h4-9H,2-3,10-11H2,1H3,(H,21,22)(H,17,18,20). The van der Waals surface area contributed by atoms with E-state index in [9.17, 15) is 18.0 Å². The molecule has 0 aliphatic heterocycles. The smallest absolute Gasteiger partial charge is 0.325 e. The number of carboxylic acids is 1. The molecule has 1 aromatic carbocycles. The number of nitrogens with zero attached hydrogens (tertiary/aromatic N) is 2. The van der Waals surface area contributed by atoms with E-state index in [0.717, 1.165) is 6.26 Å². The predicted octanol–water partition coefficient (Wildman–Crippen LogP) is 1.17. The van der Waals surface area contributed by atoms with Crippen LogP contribution in [0.1, 0.15) is 12.8 Å². The molecule has 1 heterocycles. The summed E-state index contributed by atoms with van der Waals surface area (Å²) < 4.78 is 29.4. The maximum absolute atomic E-state index is 11.8. The van der Waals surface area contributed by atoms with Crippen LogP contribution >= 0.6 is 0 Å². The largest absolute Gasteiger partial charge is 0.494 e. The minimum atomic E-state index is -3.24. The molecule has 0 saturated heterocycles. The van der Waals surface area contributed by atoms with E-state index in [1.54, 1.807) is 12.1 Å². The lowest BCUT2D eigenvalue weighted by atomic mass is 10.3. The maximum atomic E-state index is 11.8. The zero-order chi connectivity index (χ0) is 19.2. The predicted molar refractivity (Wildman–Crippen MR) is 92.8 cm³/mol. The van der Waals surface area contributed by atoms with Crippen molar-refractivity contribution in [2.45, 2.75) is 24.3 Å². The Morgan fingerprint density at radius 3 is 2.54 bits per heavy atom. The van der Waals surface area contributed by atoms with Crippen molar-refractivity contribution >= 4 is 27.5 Å². The van der Waals surface area contributed by atoms with Crippen LogP contribution in [-0.2, 0) is 26.0 Å². The van der Waals surface area contributed by atoms with Gasteiger partial charge in [-0.25, -0.2) is 8.42 Å². The van der Waals surface area contributed by atoms with Gasteiger partial charge in [0.25, 0.3) is 0 Å². The molecule has 0 aliphatic rings. The zero-order valence-electron chi connectivity index (χ0n) is 14.1. The number of carboxylic acid groups (broad SMARTS) is 1. The number of sulfone groups is 1. The van der Waals surface area contributed by atoms with Gasteiger partial charge >= 0.3 is 5.97 Å². The number of hydrogen-bond donors (Lipinski definition) is 2. The van der Waals surface area contributed by atoms with Crippen LogP contribution in [0.2, 0.25) is 0 Å². The van der Waals surface area contributed by atoms with Crippen molar-refractivity contribution in [1.82, 2.24) is 9.78 Å². The van der Waals surface area contributed by atoms with Crippen molar-refractivity contribution in [3.8, 4) is 5.75 Å². The molecule has 0 aliphatic carbocycles. The van der Waals surface area contributed by atoms with Crippen LogP contribution in [0.15, 0.2) is 41.4 Å². The van der Waals surface area contributed by atoms with Gasteiger partial charge in [-0.3, -0.25) is 14.3 Å². The summed E-state index contributed by atoms with van der Waals surface area (Å²) >= 11 is 0. The third-order valence-corrected chi connectivity index (χ3v) is 4.40. The summed E-state index contributed by atoms with van der Waals surface area (Å²) in [6, 6.07) is 7.56. The number of anilines is 1. The summed E-state index contributed by atoms with van der Waals surface area (Å²) in [7, 11) is -3.24. The molecule has 1 aromatic heterocycles. The van der Waals surface area contributed by atoms with Crippen LogP contribution in [0.25, 0.3) is 0 Å². The number of amides is 1. The molecule has 140 valence electrons. The highest BCUT2D eigenvalue weighted by Gasteiger charge is 2.08. The normalized spacial score (nSPS) is 11.1. The second kappa shape index (κ2) is 8.48. The molecular formula is C16H19N3O6S. The molecule has 0 bridgehead atoms. The third kappa shape index (κ3) is 6.20. The van der Waals surface area contributed by atoms with Crippen LogP contribution < -0.4 is 10.1 Å². The van der Waals surface area contributed by atoms with Crippen molar-refractivity contribution in [3.63, 3.8) is 0 Å². The van der Waals surface area contributed by atoms with Crippen molar-refractivity contribution in [2.24, 2.45) is 0 Å². The lowest BCUT2D eigenvalue weighted by Crippen LogP contribution is -2.14. The maximum Gasteiger partial charge on any atom is 0.325 e. The lowest BCUT2D eigenvalue weighted by molar-refractivity contribution is -0.137. The molecule has 0 atom stereocenters. The first-order valence-electron chi connectivity index (χ1n) is 7.72. The van der Waals surface area contributed by atoms with Crippen molar-refractivity contribution < 1.29 is 27.9 Å². The van der Waals surface area contributed by atoms with E-state index < -0.39 is 15.8 Å². The highest BCUT2D eigenvalue weighted by atomic mass is 32.2. The average Bonchev–Trinajstić information content (AvgIpc) is 2.97. The molecule has 0 saturated carbocycles. The molecule has 10 heteroatoms. The Morgan fingerprint density at radius 1 is 1.23 bits per heavy atom. The topological polar surface area (TPSA) is 128 Å². The number of aliphatic carboxylic acids is 1. The van der Waals surface area contributed by atoms with Crippen molar-refractivity contribution in [1.29, 1.82) is 0 Å². The van der Waals surface area contributed by atoms with E-state index in [0.29, 0.717) is 18.8 Å². The summed E-state index contributed by atoms with van der Waals surface area (Å²) in [6.07, 6.45) is 3.25. The van der Waals surface area contributed by atoms with Crippen molar-refractivity contribution in [3.05, 3.63) is 36.5 Å². The van der Waals surface area contributed by atoms with Crippen LogP contribution in [0.4, 0.5) is 5.82 Å². The van der Waals surface area contributed by atoms with E-state index in [1.165, 1.54) is 29.1 Å². The van der Waals surface area contributed by atoms with E-state index in [1.807, 2.05) is 0 Å². The Balaban J connectivity index is 1.71. The van der Waals surface area contributed by atoms with Gasteiger partial charge in [0.1, 0.15) is 12.3 Å². The van der Waals surface area contributed by atoms with Gasteiger partial charge in [0.05, 0.1) is 11.5 Å². The first kappa shape index (κ1) is 19.4. The second-order valence-corrected chi connectivity index (χ2v) is 7.55. The van der Waals surface area contributed by atoms with Gasteiger partial charge in [-0.05, 0) is 30.7 Å². The van der Waals surface area contributed by atoms with E-state index >= 15 is 0 Å². The fourth-order valence-corrected chi connectivity index (χ4v) is 2.70. The van der Waals surface area contributed by atoms with Gasteiger partial charge in [-0.1, -0.05) is 0 Å². The number of carbonyl (C=O) groups is 2. The molecule has 2 aromatic rings. The monoisotopic (exact) mass is 381 g/mol. The molecule has 0 radical (unpaired) electrons. The molecule has 26 heavy (non-hydrogen) atoms. The Kier molecular flexibility index (Phi) is 6.34. The Bertz CT molecular complexity index is 874. The van der Waals surface area contributed by atoms with E-state index in [-0.39, 0.29) is 29.6 Å². The van der Waals surface area contributed by atoms with Crippen molar-refractivity contribution in [2.75, 3.05) is 18.2 Å². The third-order valence-electron chi connectivity index (χ3n) is 3.27. The molecule has 0 fully saturated rings. The summed E-state index contributed by atoms with van der Waals surface area (Å²) in [5.74, 6) is -0.479. The quantitative estimate of drug-likeness (QED) is 0.624. The van der Waals surface area contributed by atoms with Gasteiger partial charge in [0.15, 0.2) is 15.7 Å². The highest BCUT2D eigenvalue weighted by Crippen LogP contribution is 2.16. The van der Waals surface area contributed by atoms with Crippen LogP contribution in [0.5, 0.6) is 5.75 Å². The second-order valence-electron chi connectivity index (χ2n) is 5.54. The number of aromatic nitrogens is 2. The molecule has 2 rings (SSSR count). The first-order valence-corrected chi connectivity index (χ1v) is 9.61. The van der Waals surface area contributed by atoms with E-state index in [2.05, 4.69) is 10.4 Å². The van der Waals surface area contributed by atoms with Gasteiger partial charge in [0.2, 0.25) is 5.91 Å². The van der Waals surface area contributed by atoms with Gasteiger partial charge in [-0.2, -0.15) is 5.10 Å². The summed E-state index contributed by atoms with van der Waals surface area (Å²) in [6.45, 7) is 0.0148. The summed E-state index contributed by atoms with van der Waals surface area (Å²) in [5, 5.41) is 15.1. The number of hydrogen-bond acceptors (Lipinski definition) is 6. The number of ether oxygens (including phenoxy) is 1. The lowest BCUT2D eigenvalue weighted by Gasteiger charge is -2.07. The summed E-state index contributed by atoms with van der Waals surface area (Å²) in [4.78, 5) is 22.6. The minimum absolute atomic E-state index is 0.202. The number of nitrogens with one attached hydrogen (secondary N) is 1. The Labute approximate surface area is 150 Å². The number of carbonyl (C=O) groups excluding carboxylic acids is 1. The van der Waals surface area contributed by atoms with Gasteiger partial charge < -0.3 is 15.2 Å². The van der Waals surface area contributed by atoms with Gasteiger partial charge in [-0.15, -0.1) is 0 Å². The molecule has 0 spiro atoms. The Morgan fingerprint density at radius 2 is 1.92 bits per heavy atom. The number of rotatable bonds is 9.